The lowest BCUT2D eigenvalue weighted by atomic mass is 10.1. The number of nitrogens with one attached hydrogen (secondary N) is 1. The van der Waals surface area contributed by atoms with Gasteiger partial charge >= 0.3 is 0 Å². The monoisotopic (exact) mass is 443 g/mol. The molecule has 7 heteroatoms. The van der Waals surface area contributed by atoms with Crippen molar-refractivity contribution in [3.63, 3.8) is 0 Å². The van der Waals surface area contributed by atoms with Crippen molar-refractivity contribution >= 4 is 21.8 Å². The Balaban J connectivity index is 1.79. The zero-order valence-corrected chi connectivity index (χ0v) is 17.8. The lowest BCUT2D eigenvalue weighted by Gasteiger charge is -2.11. The Morgan fingerprint density at radius 3 is 2.39 bits per heavy atom. The number of carbonyl (C=O) groups excluding carboxylic acids is 1. The van der Waals surface area contributed by atoms with Gasteiger partial charge < -0.3 is 14.8 Å². The van der Waals surface area contributed by atoms with Crippen molar-refractivity contribution in [1.82, 2.24) is 15.1 Å². The third kappa shape index (κ3) is 4.04. The summed E-state index contributed by atoms with van der Waals surface area (Å²) in [5.74, 6) is 1.12. The van der Waals surface area contributed by atoms with E-state index in [2.05, 4.69) is 26.3 Å². The number of amides is 1. The van der Waals surface area contributed by atoms with Crippen molar-refractivity contribution in [3.8, 4) is 17.2 Å². The number of aryl methyl sites for hydroxylation is 1. The van der Waals surface area contributed by atoms with Crippen LogP contribution in [0, 0.1) is 13.8 Å². The molecule has 1 heterocycles. The molecule has 6 nitrogen and oxygen atoms in total. The van der Waals surface area contributed by atoms with E-state index in [0.29, 0.717) is 29.3 Å². The Kier molecular flexibility index (Phi) is 6.04. The standard InChI is InChI=1S/C21H22BrN3O3/c1-13-20(14(2)25(24-13)17-8-6-16(22)7-9-17)21(26)23-12-15-5-10-18(27-3)19(11-15)28-4/h5-11H,12H2,1-4H3,(H,23,26). The SMILES string of the molecule is COc1ccc(CNC(=O)c2c(C)nn(-c3ccc(Br)cc3)c2C)cc1OC. The minimum atomic E-state index is -0.159. The predicted molar refractivity (Wildman–Crippen MR) is 111 cm³/mol. The minimum Gasteiger partial charge on any atom is -0.493 e. The molecule has 0 aliphatic heterocycles. The molecule has 0 bridgehead atoms. The highest BCUT2D eigenvalue weighted by molar-refractivity contribution is 9.10. The lowest BCUT2D eigenvalue weighted by molar-refractivity contribution is 0.0949. The molecule has 2 aromatic carbocycles. The summed E-state index contributed by atoms with van der Waals surface area (Å²) in [5, 5.41) is 7.50. The molecule has 146 valence electrons. The van der Waals surface area contributed by atoms with Gasteiger partial charge in [0, 0.05) is 11.0 Å². The summed E-state index contributed by atoms with van der Waals surface area (Å²) < 4.78 is 13.3. The molecule has 1 N–H and O–H groups in total. The summed E-state index contributed by atoms with van der Waals surface area (Å²) in [7, 11) is 3.18. The normalized spacial score (nSPS) is 10.6. The Morgan fingerprint density at radius 1 is 1.07 bits per heavy atom. The Hall–Kier alpha value is -2.80. The fourth-order valence-electron chi connectivity index (χ4n) is 3.07. The van der Waals surface area contributed by atoms with Crippen molar-refractivity contribution in [3.05, 3.63) is 69.5 Å². The van der Waals surface area contributed by atoms with Crippen LogP contribution in [0.5, 0.6) is 11.5 Å². The van der Waals surface area contributed by atoms with Crippen LogP contribution in [0.1, 0.15) is 27.3 Å². The van der Waals surface area contributed by atoms with Gasteiger partial charge in [-0.25, -0.2) is 4.68 Å². The number of ether oxygens (including phenoxy) is 2. The number of nitrogens with zero attached hydrogens (tertiary/aromatic N) is 2. The van der Waals surface area contributed by atoms with E-state index in [0.717, 1.165) is 21.4 Å². The Labute approximate surface area is 172 Å². The first-order valence-electron chi connectivity index (χ1n) is 8.76. The Bertz CT molecular complexity index is 997. The van der Waals surface area contributed by atoms with Crippen molar-refractivity contribution in [2.45, 2.75) is 20.4 Å². The maximum absolute atomic E-state index is 12.8. The molecule has 1 amide bonds. The number of methoxy groups -OCH3 is 2. The third-order valence-electron chi connectivity index (χ3n) is 4.49. The van der Waals surface area contributed by atoms with Crippen LogP contribution < -0.4 is 14.8 Å². The fourth-order valence-corrected chi connectivity index (χ4v) is 3.33. The van der Waals surface area contributed by atoms with E-state index < -0.39 is 0 Å². The predicted octanol–water partition coefficient (Wildman–Crippen LogP) is 4.20. The third-order valence-corrected chi connectivity index (χ3v) is 5.02. The first-order valence-corrected chi connectivity index (χ1v) is 9.55. The molecule has 0 unspecified atom stereocenters. The van der Waals surface area contributed by atoms with E-state index in [1.165, 1.54) is 0 Å². The van der Waals surface area contributed by atoms with Crippen molar-refractivity contribution in [2.24, 2.45) is 0 Å². The first kappa shape index (κ1) is 19.9. The van der Waals surface area contributed by atoms with E-state index in [9.17, 15) is 4.79 Å². The zero-order chi connectivity index (χ0) is 20.3. The molecule has 1 aromatic heterocycles. The molecule has 0 saturated carbocycles. The number of rotatable bonds is 6. The summed E-state index contributed by atoms with van der Waals surface area (Å²) in [5.41, 5.74) is 3.89. The average Bonchev–Trinajstić information content (AvgIpc) is 3.00. The maximum atomic E-state index is 12.8. The van der Waals surface area contributed by atoms with E-state index in [1.807, 2.05) is 56.3 Å². The molecule has 3 aromatic rings. The van der Waals surface area contributed by atoms with Gasteiger partial charge in [0.15, 0.2) is 11.5 Å². The summed E-state index contributed by atoms with van der Waals surface area (Å²) in [6, 6.07) is 13.4. The molecule has 3 rings (SSSR count). The smallest absolute Gasteiger partial charge is 0.255 e. The van der Waals surface area contributed by atoms with Crippen LogP contribution in [0.25, 0.3) is 5.69 Å². The topological polar surface area (TPSA) is 65.4 Å². The van der Waals surface area contributed by atoms with Gasteiger partial charge in [0.2, 0.25) is 0 Å². The highest BCUT2D eigenvalue weighted by Gasteiger charge is 2.19. The van der Waals surface area contributed by atoms with E-state index in [4.69, 9.17) is 9.47 Å². The quantitative estimate of drug-likeness (QED) is 0.619. The van der Waals surface area contributed by atoms with Gasteiger partial charge in [-0.1, -0.05) is 22.0 Å². The summed E-state index contributed by atoms with van der Waals surface area (Å²) in [6.07, 6.45) is 0. The van der Waals surface area contributed by atoms with Crippen LogP contribution in [-0.2, 0) is 6.54 Å². The molecule has 0 saturated heterocycles. The number of halogens is 1. The molecule has 0 aliphatic rings. The molecular formula is C21H22BrN3O3. The second-order valence-corrected chi connectivity index (χ2v) is 7.22. The minimum absolute atomic E-state index is 0.159. The summed E-state index contributed by atoms with van der Waals surface area (Å²) in [6.45, 7) is 4.11. The molecule has 28 heavy (non-hydrogen) atoms. The largest absolute Gasteiger partial charge is 0.493 e. The Morgan fingerprint density at radius 2 is 1.75 bits per heavy atom. The van der Waals surface area contributed by atoms with Gasteiger partial charge in [0.1, 0.15) is 0 Å². The van der Waals surface area contributed by atoms with Crippen molar-refractivity contribution < 1.29 is 14.3 Å². The number of hydrogen-bond acceptors (Lipinski definition) is 4. The molecule has 0 atom stereocenters. The van der Waals surface area contributed by atoms with Gasteiger partial charge in [-0.2, -0.15) is 5.10 Å². The second-order valence-electron chi connectivity index (χ2n) is 6.31. The van der Waals surface area contributed by atoms with E-state index in [1.54, 1.807) is 18.9 Å². The first-order chi connectivity index (χ1) is 13.4. The van der Waals surface area contributed by atoms with Crippen LogP contribution in [-0.4, -0.2) is 29.9 Å². The highest BCUT2D eigenvalue weighted by Crippen LogP contribution is 2.27. The average molecular weight is 444 g/mol. The molecule has 0 spiro atoms. The summed E-state index contributed by atoms with van der Waals surface area (Å²) >= 11 is 3.43. The number of carbonyl (C=O) groups is 1. The lowest BCUT2D eigenvalue weighted by Crippen LogP contribution is -2.24. The van der Waals surface area contributed by atoms with Crippen molar-refractivity contribution in [2.75, 3.05) is 14.2 Å². The van der Waals surface area contributed by atoms with Crippen LogP contribution in [0.4, 0.5) is 0 Å². The van der Waals surface area contributed by atoms with Crippen LogP contribution in [0.2, 0.25) is 0 Å². The van der Waals surface area contributed by atoms with Gasteiger partial charge in [0.05, 0.1) is 36.9 Å². The fraction of sp³-hybridized carbons (Fsp3) is 0.238. The van der Waals surface area contributed by atoms with Gasteiger partial charge in [-0.3, -0.25) is 4.79 Å². The molecule has 0 aliphatic carbocycles. The van der Waals surface area contributed by atoms with E-state index in [-0.39, 0.29) is 5.91 Å². The van der Waals surface area contributed by atoms with Crippen LogP contribution >= 0.6 is 15.9 Å². The molecule has 0 radical (unpaired) electrons. The van der Waals surface area contributed by atoms with E-state index >= 15 is 0 Å². The maximum Gasteiger partial charge on any atom is 0.255 e. The zero-order valence-electron chi connectivity index (χ0n) is 16.2. The van der Waals surface area contributed by atoms with Crippen molar-refractivity contribution in [1.29, 1.82) is 0 Å². The second kappa shape index (κ2) is 8.48. The number of aromatic nitrogens is 2. The van der Waals surface area contributed by atoms with Gasteiger partial charge in [-0.15, -0.1) is 0 Å². The summed E-state index contributed by atoms with van der Waals surface area (Å²) in [4.78, 5) is 12.8. The number of hydrogen-bond donors (Lipinski definition) is 1. The van der Waals surface area contributed by atoms with Gasteiger partial charge in [0.25, 0.3) is 5.91 Å². The molecular weight excluding hydrogens is 422 g/mol. The van der Waals surface area contributed by atoms with Crippen LogP contribution in [0.15, 0.2) is 46.9 Å². The number of benzene rings is 2. The highest BCUT2D eigenvalue weighted by atomic mass is 79.9. The molecule has 0 fully saturated rings. The van der Waals surface area contributed by atoms with Crippen LogP contribution in [0.3, 0.4) is 0 Å². The van der Waals surface area contributed by atoms with Gasteiger partial charge in [-0.05, 0) is 55.8 Å².